The summed E-state index contributed by atoms with van der Waals surface area (Å²) in [5.74, 6) is 0.379. The average molecular weight is 607 g/mol. The van der Waals surface area contributed by atoms with E-state index in [1.807, 2.05) is 42.5 Å². The third-order valence-electron chi connectivity index (χ3n) is 8.96. The molecule has 0 saturated heterocycles. The molecule has 44 heavy (non-hydrogen) atoms. The van der Waals surface area contributed by atoms with Gasteiger partial charge in [-0.25, -0.2) is 4.79 Å². The predicted molar refractivity (Wildman–Crippen MR) is 189 cm³/mol. The fourth-order valence-corrected chi connectivity index (χ4v) is 5.96. The fourth-order valence-electron chi connectivity index (χ4n) is 5.96. The number of unbranched alkanes of at least 4 members (excludes halogenated alkanes) is 20. The van der Waals surface area contributed by atoms with Gasteiger partial charge < -0.3 is 9.47 Å². The maximum absolute atomic E-state index is 12.8. The van der Waals surface area contributed by atoms with Crippen LogP contribution < -0.4 is 4.74 Å². The molecule has 0 N–H and O–H groups in total. The zero-order chi connectivity index (χ0) is 31.5. The number of carbonyl (C=O) groups excluding carboxylic acids is 1. The smallest absolute Gasteiger partial charge is 0.343 e. The molecule has 3 heteroatoms. The van der Waals surface area contributed by atoms with Crippen molar-refractivity contribution in [2.24, 2.45) is 0 Å². The maximum Gasteiger partial charge on any atom is 0.343 e. The van der Waals surface area contributed by atoms with Crippen LogP contribution in [0.5, 0.6) is 5.75 Å². The minimum absolute atomic E-state index is 0.0229. The van der Waals surface area contributed by atoms with E-state index in [1.165, 1.54) is 128 Å². The van der Waals surface area contributed by atoms with Crippen LogP contribution in [0.4, 0.5) is 0 Å². The van der Waals surface area contributed by atoms with Crippen molar-refractivity contribution >= 4 is 5.97 Å². The van der Waals surface area contributed by atoms with Crippen molar-refractivity contribution in [3.05, 3.63) is 65.2 Å². The van der Waals surface area contributed by atoms with E-state index in [0.717, 1.165) is 37.0 Å². The molecule has 0 spiro atoms. The van der Waals surface area contributed by atoms with E-state index >= 15 is 0 Å². The van der Waals surface area contributed by atoms with Gasteiger partial charge in [-0.05, 0) is 55.5 Å². The summed E-state index contributed by atoms with van der Waals surface area (Å²) in [6.07, 6.45) is 30.8. The molecule has 1 atom stereocenters. The molecule has 0 aliphatic rings. The van der Waals surface area contributed by atoms with E-state index in [9.17, 15) is 4.79 Å². The molecule has 1 unspecified atom stereocenters. The number of ether oxygens (including phenoxy) is 2. The fraction of sp³-hybridized carbons (Fsp3) is 0.683. The zero-order valence-corrected chi connectivity index (χ0v) is 28.9. The van der Waals surface area contributed by atoms with Crippen LogP contribution in [0.1, 0.15) is 190 Å². The second-order valence-corrected chi connectivity index (χ2v) is 13.0. The van der Waals surface area contributed by atoms with Crippen molar-refractivity contribution in [3.63, 3.8) is 0 Å². The summed E-state index contributed by atoms with van der Waals surface area (Å²) >= 11 is 0. The summed E-state index contributed by atoms with van der Waals surface area (Å²) in [5.41, 5.74) is 2.78. The van der Waals surface area contributed by atoms with Gasteiger partial charge in [-0.3, -0.25) is 0 Å². The molecule has 0 heterocycles. The van der Waals surface area contributed by atoms with Gasteiger partial charge in [-0.2, -0.15) is 0 Å². The first-order valence-electron chi connectivity index (χ1n) is 18.7. The highest BCUT2D eigenvalue weighted by Gasteiger charge is 2.13. The van der Waals surface area contributed by atoms with Crippen LogP contribution in [0, 0.1) is 0 Å². The summed E-state index contributed by atoms with van der Waals surface area (Å²) in [6.45, 7) is 7.40. The lowest BCUT2D eigenvalue weighted by atomic mass is 10.0. The third kappa shape index (κ3) is 18.0. The van der Waals surface area contributed by atoms with Crippen LogP contribution in [0.3, 0.4) is 0 Å². The Morgan fingerprint density at radius 2 is 1.02 bits per heavy atom. The number of benzene rings is 2. The number of hydrogen-bond donors (Lipinski definition) is 0. The standard InChI is InChI=1S/C41H66O3/c1-4-6-8-10-11-12-13-14-15-16-17-18-19-20-21-22-23-27-35-43-36(3)37-31-33-39(34-32-37)41(42)44-40-30-26-25-29-38(40)28-24-9-7-5-2/h25-26,29-34,36H,4-24,27-28,35H2,1-3H3. The Bertz CT molecular complexity index is 951. The molecule has 2 aromatic carbocycles. The van der Waals surface area contributed by atoms with E-state index in [2.05, 4.69) is 26.8 Å². The van der Waals surface area contributed by atoms with Gasteiger partial charge in [0, 0.05) is 6.61 Å². The lowest BCUT2D eigenvalue weighted by molar-refractivity contribution is 0.0626. The second kappa shape index (κ2) is 26.1. The number of carbonyl (C=O) groups is 1. The van der Waals surface area contributed by atoms with E-state index in [-0.39, 0.29) is 12.1 Å². The van der Waals surface area contributed by atoms with Gasteiger partial charge in [-0.1, -0.05) is 173 Å². The first-order valence-corrected chi connectivity index (χ1v) is 18.7. The minimum atomic E-state index is -0.301. The van der Waals surface area contributed by atoms with Gasteiger partial charge >= 0.3 is 5.97 Å². The molecule has 0 aromatic heterocycles. The summed E-state index contributed by atoms with van der Waals surface area (Å²) in [7, 11) is 0. The van der Waals surface area contributed by atoms with Crippen LogP contribution in [-0.2, 0) is 11.2 Å². The van der Waals surface area contributed by atoms with Crippen LogP contribution in [-0.4, -0.2) is 12.6 Å². The third-order valence-corrected chi connectivity index (χ3v) is 8.96. The number of para-hydroxylation sites is 1. The monoisotopic (exact) mass is 607 g/mol. The Kier molecular flexibility index (Phi) is 22.6. The van der Waals surface area contributed by atoms with Gasteiger partial charge in [0.25, 0.3) is 0 Å². The number of aryl methyl sites for hydroxylation is 1. The number of hydrogen-bond acceptors (Lipinski definition) is 3. The molecule has 2 aromatic rings. The Morgan fingerprint density at radius 3 is 1.55 bits per heavy atom. The Balaban J connectivity index is 1.48. The van der Waals surface area contributed by atoms with Crippen LogP contribution in [0.15, 0.2) is 48.5 Å². The van der Waals surface area contributed by atoms with E-state index in [1.54, 1.807) is 0 Å². The topological polar surface area (TPSA) is 35.5 Å². The summed E-state index contributed by atoms with van der Waals surface area (Å²) in [5, 5.41) is 0. The highest BCUT2D eigenvalue weighted by Crippen LogP contribution is 2.23. The Labute approximate surface area is 271 Å². The van der Waals surface area contributed by atoms with E-state index in [0.29, 0.717) is 11.3 Å². The molecule has 2 rings (SSSR count). The summed E-state index contributed by atoms with van der Waals surface area (Å²) in [4.78, 5) is 12.8. The van der Waals surface area contributed by atoms with Crippen LogP contribution >= 0.6 is 0 Å². The minimum Gasteiger partial charge on any atom is -0.423 e. The molecular weight excluding hydrogens is 540 g/mol. The molecule has 0 aliphatic carbocycles. The molecule has 248 valence electrons. The lowest BCUT2D eigenvalue weighted by Gasteiger charge is -2.14. The van der Waals surface area contributed by atoms with Gasteiger partial charge in [0.2, 0.25) is 0 Å². The Hall–Kier alpha value is -2.13. The normalized spacial score (nSPS) is 12.0. The van der Waals surface area contributed by atoms with Gasteiger partial charge in [0.15, 0.2) is 0 Å². The number of esters is 1. The zero-order valence-electron chi connectivity index (χ0n) is 28.9. The maximum atomic E-state index is 12.8. The quantitative estimate of drug-likeness (QED) is 0.0549. The highest BCUT2D eigenvalue weighted by molar-refractivity contribution is 5.91. The van der Waals surface area contributed by atoms with Gasteiger partial charge in [0.05, 0.1) is 11.7 Å². The molecule has 0 bridgehead atoms. The van der Waals surface area contributed by atoms with Crippen LogP contribution in [0.2, 0.25) is 0 Å². The van der Waals surface area contributed by atoms with Crippen molar-refractivity contribution < 1.29 is 14.3 Å². The molecule has 0 radical (unpaired) electrons. The molecule has 0 amide bonds. The first-order chi connectivity index (χ1) is 21.7. The highest BCUT2D eigenvalue weighted by atomic mass is 16.5. The molecular formula is C41H66O3. The van der Waals surface area contributed by atoms with Gasteiger partial charge in [0.1, 0.15) is 5.75 Å². The second-order valence-electron chi connectivity index (χ2n) is 13.0. The van der Waals surface area contributed by atoms with Crippen molar-refractivity contribution in [1.82, 2.24) is 0 Å². The van der Waals surface area contributed by atoms with E-state index < -0.39 is 0 Å². The molecule has 0 aliphatic heterocycles. The summed E-state index contributed by atoms with van der Waals surface area (Å²) < 4.78 is 11.9. The largest absolute Gasteiger partial charge is 0.423 e. The number of rotatable bonds is 28. The van der Waals surface area contributed by atoms with Crippen molar-refractivity contribution in [3.8, 4) is 5.75 Å². The van der Waals surface area contributed by atoms with Crippen LogP contribution in [0.25, 0.3) is 0 Å². The summed E-state index contributed by atoms with van der Waals surface area (Å²) in [6, 6.07) is 15.6. The van der Waals surface area contributed by atoms with Crippen molar-refractivity contribution in [1.29, 1.82) is 0 Å². The van der Waals surface area contributed by atoms with Gasteiger partial charge in [-0.15, -0.1) is 0 Å². The lowest BCUT2D eigenvalue weighted by Crippen LogP contribution is -2.10. The predicted octanol–water partition coefficient (Wildman–Crippen LogP) is 13.1. The first kappa shape index (κ1) is 38.1. The molecule has 0 fully saturated rings. The average Bonchev–Trinajstić information content (AvgIpc) is 3.04. The van der Waals surface area contributed by atoms with E-state index in [4.69, 9.17) is 9.47 Å². The Morgan fingerprint density at radius 1 is 0.568 bits per heavy atom. The molecule has 0 saturated carbocycles. The SMILES string of the molecule is CCCCCCCCCCCCCCCCCCCCOC(C)c1ccc(C(=O)Oc2ccccc2CCCCCC)cc1. The molecule has 3 nitrogen and oxygen atoms in total. The van der Waals surface area contributed by atoms with Crippen molar-refractivity contribution in [2.45, 2.75) is 175 Å². The van der Waals surface area contributed by atoms with Crippen molar-refractivity contribution in [2.75, 3.05) is 6.61 Å².